The van der Waals surface area contributed by atoms with Gasteiger partial charge in [0.2, 0.25) is 11.5 Å². The van der Waals surface area contributed by atoms with Crippen molar-refractivity contribution in [3.63, 3.8) is 0 Å². The molecule has 4 N–H and O–H groups in total. The van der Waals surface area contributed by atoms with E-state index in [-0.39, 0.29) is 17.9 Å². The lowest BCUT2D eigenvalue weighted by Crippen LogP contribution is -2.14. The lowest BCUT2D eigenvalue weighted by Gasteiger charge is -2.05. The van der Waals surface area contributed by atoms with Crippen molar-refractivity contribution in [1.82, 2.24) is 10.3 Å². The predicted molar refractivity (Wildman–Crippen MR) is 69.1 cm³/mol. The van der Waals surface area contributed by atoms with Crippen LogP contribution in [0.25, 0.3) is 0 Å². The van der Waals surface area contributed by atoms with Gasteiger partial charge < -0.3 is 16.2 Å². The van der Waals surface area contributed by atoms with Gasteiger partial charge >= 0.3 is 5.97 Å². The van der Waals surface area contributed by atoms with Crippen LogP contribution in [0.1, 0.15) is 22.5 Å². The SMILES string of the molecule is Nc1nonc1C(=O)Nc1cccc(CCC(=O)O)c1. The van der Waals surface area contributed by atoms with Crippen molar-refractivity contribution in [2.24, 2.45) is 0 Å². The van der Waals surface area contributed by atoms with Gasteiger partial charge in [-0.3, -0.25) is 9.59 Å². The molecule has 0 fully saturated rings. The lowest BCUT2D eigenvalue weighted by atomic mass is 10.1. The Morgan fingerprint density at radius 3 is 2.80 bits per heavy atom. The Kier molecular flexibility index (Phi) is 3.94. The van der Waals surface area contributed by atoms with Crippen molar-refractivity contribution >= 4 is 23.4 Å². The summed E-state index contributed by atoms with van der Waals surface area (Å²) in [6, 6.07) is 6.86. The van der Waals surface area contributed by atoms with E-state index in [4.69, 9.17) is 10.8 Å². The van der Waals surface area contributed by atoms with E-state index in [0.717, 1.165) is 5.56 Å². The van der Waals surface area contributed by atoms with E-state index in [0.29, 0.717) is 12.1 Å². The zero-order chi connectivity index (χ0) is 14.5. The normalized spacial score (nSPS) is 10.2. The second-order valence-electron chi connectivity index (χ2n) is 4.05. The van der Waals surface area contributed by atoms with E-state index in [9.17, 15) is 9.59 Å². The van der Waals surface area contributed by atoms with Gasteiger partial charge in [0.1, 0.15) is 0 Å². The van der Waals surface area contributed by atoms with Crippen LogP contribution in [-0.4, -0.2) is 27.3 Å². The third kappa shape index (κ3) is 3.31. The zero-order valence-corrected chi connectivity index (χ0v) is 10.4. The molecular formula is C12H12N4O4. The van der Waals surface area contributed by atoms with Gasteiger partial charge in [-0.25, -0.2) is 4.63 Å². The maximum absolute atomic E-state index is 11.8. The topological polar surface area (TPSA) is 131 Å². The Morgan fingerprint density at radius 2 is 2.15 bits per heavy atom. The fourth-order valence-electron chi connectivity index (χ4n) is 1.60. The molecule has 2 rings (SSSR count). The van der Waals surface area contributed by atoms with Crippen LogP contribution in [0.2, 0.25) is 0 Å². The molecule has 0 aliphatic heterocycles. The highest BCUT2D eigenvalue weighted by Crippen LogP contribution is 2.14. The maximum atomic E-state index is 11.8. The minimum Gasteiger partial charge on any atom is -0.481 e. The second-order valence-corrected chi connectivity index (χ2v) is 4.05. The van der Waals surface area contributed by atoms with Crippen LogP contribution in [0.3, 0.4) is 0 Å². The largest absolute Gasteiger partial charge is 0.481 e. The smallest absolute Gasteiger partial charge is 0.303 e. The van der Waals surface area contributed by atoms with Gasteiger partial charge in [0.25, 0.3) is 5.91 Å². The summed E-state index contributed by atoms with van der Waals surface area (Å²) in [5.41, 5.74) is 6.63. The number of carboxylic acid groups (broad SMARTS) is 1. The number of anilines is 2. The molecule has 1 heterocycles. The highest BCUT2D eigenvalue weighted by molar-refractivity contribution is 6.05. The van der Waals surface area contributed by atoms with Crippen LogP contribution in [0.4, 0.5) is 11.5 Å². The molecule has 0 aliphatic rings. The monoisotopic (exact) mass is 276 g/mol. The number of hydrogen-bond donors (Lipinski definition) is 3. The molecule has 0 saturated carbocycles. The minimum atomic E-state index is -0.874. The first-order valence-corrected chi connectivity index (χ1v) is 5.76. The quantitative estimate of drug-likeness (QED) is 0.739. The number of amides is 1. The van der Waals surface area contributed by atoms with E-state index in [1.54, 1.807) is 24.3 Å². The van der Waals surface area contributed by atoms with Gasteiger partial charge in [0.05, 0.1) is 0 Å². The van der Waals surface area contributed by atoms with E-state index >= 15 is 0 Å². The third-order valence-corrected chi connectivity index (χ3v) is 2.54. The second kappa shape index (κ2) is 5.83. The van der Waals surface area contributed by atoms with Crippen LogP contribution >= 0.6 is 0 Å². The summed E-state index contributed by atoms with van der Waals surface area (Å²) in [6.45, 7) is 0. The van der Waals surface area contributed by atoms with Gasteiger partial charge in [0, 0.05) is 12.1 Å². The summed E-state index contributed by atoms with van der Waals surface area (Å²) in [5, 5.41) is 17.9. The van der Waals surface area contributed by atoms with Crippen LogP contribution in [0.5, 0.6) is 0 Å². The van der Waals surface area contributed by atoms with E-state index in [1.165, 1.54) is 0 Å². The number of nitrogens with zero attached hydrogens (tertiary/aromatic N) is 2. The fraction of sp³-hybridized carbons (Fsp3) is 0.167. The molecule has 0 aliphatic carbocycles. The number of carbonyl (C=O) groups excluding carboxylic acids is 1. The van der Waals surface area contributed by atoms with Crippen molar-refractivity contribution in [3.05, 3.63) is 35.5 Å². The molecule has 0 atom stereocenters. The average Bonchev–Trinajstić information content (AvgIpc) is 2.83. The number of hydrogen-bond acceptors (Lipinski definition) is 6. The van der Waals surface area contributed by atoms with Crippen LogP contribution in [0.15, 0.2) is 28.9 Å². The Bertz CT molecular complexity index is 638. The molecule has 0 saturated heterocycles. The number of carbonyl (C=O) groups is 2. The van der Waals surface area contributed by atoms with Gasteiger partial charge in [-0.1, -0.05) is 12.1 Å². The number of nitrogens with one attached hydrogen (secondary N) is 1. The fourth-order valence-corrected chi connectivity index (χ4v) is 1.60. The van der Waals surface area contributed by atoms with Gasteiger partial charge in [-0.05, 0) is 34.4 Å². The molecule has 0 radical (unpaired) electrons. The predicted octanol–water partition coefficient (Wildman–Crippen LogP) is 0.921. The van der Waals surface area contributed by atoms with Crippen molar-refractivity contribution in [1.29, 1.82) is 0 Å². The number of carboxylic acids is 1. The Balaban J connectivity index is 2.06. The van der Waals surface area contributed by atoms with E-state index in [1.807, 2.05) is 0 Å². The first-order chi connectivity index (χ1) is 9.56. The average molecular weight is 276 g/mol. The summed E-state index contributed by atoms with van der Waals surface area (Å²) in [4.78, 5) is 22.3. The standard InChI is InChI=1S/C12H12N4O4/c13-11-10(15-20-16-11)12(19)14-8-3-1-2-7(6-8)4-5-9(17)18/h1-3,6H,4-5H2,(H2,13,16)(H,14,19)(H,17,18). The highest BCUT2D eigenvalue weighted by atomic mass is 16.6. The van der Waals surface area contributed by atoms with Gasteiger partial charge in [-0.15, -0.1) is 0 Å². The van der Waals surface area contributed by atoms with Gasteiger partial charge in [0.15, 0.2) is 0 Å². The molecule has 0 unspecified atom stereocenters. The molecule has 8 nitrogen and oxygen atoms in total. The third-order valence-electron chi connectivity index (χ3n) is 2.54. The maximum Gasteiger partial charge on any atom is 0.303 e. The first kappa shape index (κ1) is 13.5. The molecule has 20 heavy (non-hydrogen) atoms. The van der Waals surface area contributed by atoms with Crippen molar-refractivity contribution < 1.29 is 19.3 Å². The van der Waals surface area contributed by atoms with Crippen molar-refractivity contribution in [2.75, 3.05) is 11.1 Å². The number of aromatic nitrogens is 2. The first-order valence-electron chi connectivity index (χ1n) is 5.76. The van der Waals surface area contributed by atoms with E-state index in [2.05, 4.69) is 20.3 Å². The number of rotatable bonds is 5. The van der Waals surface area contributed by atoms with E-state index < -0.39 is 11.9 Å². The highest BCUT2D eigenvalue weighted by Gasteiger charge is 2.16. The molecule has 1 aromatic heterocycles. The summed E-state index contributed by atoms with van der Waals surface area (Å²) >= 11 is 0. The van der Waals surface area contributed by atoms with Crippen LogP contribution in [0, 0.1) is 0 Å². The Morgan fingerprint density at radius 1 is 1.35 bits per heavy atom. The number of nitrogens with two attached hydrogens (primary N) is 1. The molecule has 1 amide bonds. The number of aryl methyl sites for hydroxylation is 1. The number of aliphatic carboxylic acids is 1. The Hall–Kier alpha value is -2.90. The molecule has 0 bridgehead atoms. The molecule has 0 spiro atoms. The van der Waals surface area contributed by atoms with Crippen LogP contribution < -0.4 is 11.1 Å². The molecule has 8 heteroatoms. The lowest BCUT2D eigenvalue weighted by molar-refractivity contribution is -0.136. The summed E-state index contributed by atoms with van der Waals surface area (Å²) in [5.74, 6) is -1.51. The van der Waals surface area contributed by atoms with Crippen molar-refractivity contribution in [3.8, 4) is 0 Å². The van der Waals surface area contributed by atoms with Crippen molar-refractivity contribution in [2.45, 2.75) is 12.8 Å². The van der Waals surface area contributed by atoms with Crippen LogP contribution in [-0.2, 0) is 11.2 Å². The van der Waals surface area contributed by atoms with Gasteiger partial charge in [-0.2, -0.15) is 0 Å². The molecule has 2 aromatic rings. The Labute approximate surface area is 113 Å². The zero-order valence-electron chi connectivity index (χ0n) is 10.4. The molecule has 104 valence electrons. The summed E-state index contributed by atoms with van der Waals surface area (Å²) in [6.07, 6.45) is 0.407. The number of nitrogen functional groups attached to an aromatic ring is 1. The molecular weight excluding hydrogens is 264 g/mol. The summed E-state index contributed by atoms with van der Waals surface area (Å²) in [7, 11) is 0. The summed E-state index contributed by atoms with van der Waals surface area (Å²) < 4.78 is 4.34. The minimum absolute atomic E-state index is 0.0254. The molecule has 1 aromatic carbocycles. The number of benzene rings is 1.